The maximum Gasteiger partial charge on any atom is 0.160 e. The van der Waals surface area contributed by atoms with Gasteiger partial charge in [-0.15, -0.1) is 0 Å². The van der Waals surface area contributed by atoms with E-state index < -0.39 is 5.54 Å². The van der Waals surface area contributed by atoms with Crippen LogP contribution in [-0.4, -0.2) is 18.5 Å². The standard InChI is InChI=1S/C18H18N2/c1-14-6-5-8-16(12-14)18(13-19)17-9-4-3-7-15(17)10-11-20(18)2/h3-9,12H,10-11H2,1-2H3. The molecule has 0 bridgehead atoms. The zero-order valence-electron chi connectivity index (χ0n) is 11.9. The van der Waals surface area contributed by atoms with Gasteiger partial charge in [-0.1, -0.05) is 54.1 Å². The second-order valence-corrected chi connectivity index (χ2v) is 5.52. The highest BCUT2D eigenvalue weighted by atomic mass is 15.2. The van der Waals surface area contributed by atoms with Crippen molar-refractivity contribution in [2.75, 3.05) is 13.6 Å². The van der Waals surface area contributed by atoms with Crippen molar-refractivity contribution < 1.29 is 0 Å². The van der Waals surface area contributed by atoms with E-state index in [0.717, 1.165) is 24.1 Å². The third-order valence-electron chi connectivity index (χ3n) is 4.29. The van der Waals surface area contributed by atoms with Gasteiger partial charge in [0.15, 0.2) is 5.54 Å². The lowest BCUT2D eigenvalue weighted by molar-refractivity contribution is 0.200. The van der Waals surface area contributed by atoms with Gasteiger partial charge in [0.2, 0.25) is 0 Å². The van der Waals surface area contributed by atoms with Gasteiger partial charge in [-0.05, 0) is 37.1 Å². The molecule has 0 saturated heterocycles. The van der Waals surface area contributed by atoms with Gasteiger partial charge in [0, 0.05) is 6.54 Å². The van der Waals surface area contributed by atoms with Crippen LogP contribution < -0.4 is 0 Å². The van der Waals surface area contributed by atoms with E-state index in [0.29, 0.717) is 0 Å². The molecule has 20 heavy (non-hydrogen) atoms. The van der Waals surface area contributed by atoms with Crippen LogP contribution in [0, 0.1) is 18.3 Å². The fourth-order valence-electron chi connectivity index (χ4n) is 3.21. The van der Waals surface area contributed by atoms with Crippen molar-refractivity contribution in [1.29, 1.82) is 5.26 Å². The first kappa shape index (κ1) is 12.9. The summed E-state index contributed by atoms with van der Waals surface area (Å²) in [6.07, 6.45) is 1.00. The molecule has 0 aromatic heterocycles. The normalized spacial score (nSPS) is 22.1. The number of nitriles is 1. The first-order valence-electron chi connectivity index (χ1n) is 6.96. The van der Waals surface area contributed by atoms with Gasteiger partial charge >= 0.3 is 0 Å². The largest absolute Gasteiger partial charge is 0.281 e. The second-order valence-electron chi connectivity index (χ2n) is 5.52. The first-order valence-corrected chi connectivity index (χ1v) is 6.96. The number of likely N-dealkylation sites (N-methyl/N-ethyl adjacent to an activating group) is 1. The molecule has 2 nitrogen and oxygen atoms in total. The predicted octanol–water partition coefficient (Wildman–Crippen LogP) is 3.25. The van der Waals surface area contributed by atoms with Crippen molar-refractivity contribution in [2.45, 2.75) is 18.9 Å². The van der Waals surface area contributed by atoms with Crippen molar-refractivity contribution in [3.8, 4) is 6.07 Å². The van der Waals surface area contributed by atoms with Gasteiger partial charge < -0.3 is 0 Å². The minimum Gasteiger partial charge on any atom is -0.281 e. The summed E-state index contributed by atoms with van der Waals surface area (Å²) in [7, 11) is 2.04. The average molecular weight is 262 g/mol. The summed E-state index contributed by atoms with van der Waals surface area (Å²) < 4.78 is 0. The average Bonchev–Trinajstić information content (AvgIpc) is 2.47. The van der Waals surface area contributed by atoms with Gasteiger partial charge in [-0.2, -0.15) is 5.26 Å². The van der Waals surface area contributed by atoms with Crippen LogP contribution in [0.5, 0.6) is 0 Å². The number of hydrogen-bond acceptors (Lipinski definition) is 2. The summed E-state index contributed by atoms with van der Waals surface area (Å²) in [6.45, 7) is 2.97. The first-order chi connectivity index (χ1) is 9.68. The molecule has 2 aromatic carbocycles. The van der Waals surface area contributed by atoms with E-state index in [1.807, 2.05) is 19.2 Å². The van der Waals surface area contributed by atoms with Crippen molar-refractivity contribution in [3.05, 3.63) is 70.8 Å². The molecule has 1 unspecified atom stereocenters. The number of hydrogen-bond donors (Lipinski definition) is 0. The summed E-state index contributed by atoms with van der Waals surface area (Å²) in [6, 6.07) is 19.2. The Balaban J connectivity index is 2.29. The zero-order valence-corrected chi connectivity index (χ0v) is 11.9. The van der Waals surface area contributed by atoms with Gasteiger partial charge in [0.05, 0.1) is 6.07 Å². The van der Waals surface area contributed by atoms with E-state index in [2.05, 4.69) is 54.3 Å². The summed E-state index contributed by atoms with van der Waals surface area (Å²) in [4.78, 5) is 2.17. The zero-order chi connectivity index (χ0) is 14.2. The Kier molecular flexibility index (Phi) is 3.08. The molecule has 3 rings (SSSR count). The molecule has 1 aliphatic heterocycles. The molecule has 2 aromatic rings. The van der Waals surface area contributed by atoms with Crippen LogP contribution in [0.2, 0.25) is 0 Å². The topological polar surface area (TPSA) is 27.0 Å². The third kappa shape index (κ3) is 1.75. The molecule has 1 heterocycles. The molecular weight excluding hydrogens is 244 g/mol. The van der Waals surface area contributed by atoms with E-state index >= 15 is 0 Å². The number of nitrogens with zero attached hydrogens (tertiary/aromatic N) is 2. The summed E-state index contributed by atoms with van der Waals surface area (Å²) >= 11 is 0. The quantitative estimate of drug-likeness (QED) is 0.789. The Bertz CT molecular complexity index is 684. The molecule has 0 radical (unpaired) electrons. The smallest absolute Gasteiger partial charge is 0.160 e. The highest BCUT2D eigenvalue weighted by Crippen LogP contribution is 2.39. The molecular formula is C18H18N2. The van der Waals surface area contributed by atoms with Crippen molar-refractivity contribution in [2.24, 2.45) is 0 Å². The Morgan fingerprint density at radius 2 is 1.95 bits per heavy atom. The Morgan fingerprint density at radius 1 is 1.15 bits per heavy atom. The molecule has 0 fully saturated rings. The van der Waals surface area contributed by atoms with Crippen LogP contribution in [0.25, 0.3) is 0 Å². The molecule has 1 atom stereocenters. The molecule has 0 aliphatic carbocycles. The van der Waals surface area contributed by atoms with Gasteiger partial charge in [-0.25, -0.2) is 0 Å². The fourth-order valence-corrected chi connectivity index (χ4v) is 3.21. The lowest BCUT2D eigenvalue weighted by Gasteiger charge is -2.42. The Labute approximate surface area is 120 Å². The lowest BCUT2D eigenvalue weighted by atomic mass is 9.76. The fraction of sp³-hybridized carbons (Fsp3) is 0.278. The Hall–Kier alpha value is -2.11. The van der Waals surface area contributed by atoms with Crippen molar-refractivity contribution in [1.82, 2.24) is 4.90 Å². The number of fused-ring (bicyclic) bond motifs is 1. The van der Waals surface area contributed by atoms with Crippen LogP contribution in [0.4, 0.5) is 0 Å². The number of rotatable bonds is 1. The van der Waals surface area contributed by atoms with E-state index in [4.69, 9.17) is 0 Å². The summed E-state index contributed by atoms with van der Waals surface area (Å²) in [5.41, 5.74) is 4.00. The molecule has 0 amide bonds. The highest BCUT2D eigenvalue weighted by molar-refractivity contribution is 5.50. The summed E-state index contributed by atoms with van der Waals surface area (Å²) in [5, 5.41) is 10.0. The second kappa shape index (κ2) is 4.77. The minimum absolute atomic E-state index is 0.666. The molecule has 1 aliphatic rings. The van der Waals surface area contributed by atoms with E-state index in [1.54, 1.807) is 0 Å². The van der Waals surface area contributed by atoms with Gasteiger partial charge in [0.25, 0.3) is 0 Å². The number of benzene rings is 2. The van der Waals surface area contributed by atoms with Gasteiger partial charge in [-0.3, -0.25) is 4.90 Å². The van der Waals surface area contributed by atoms with Crippen LogP contribution >= 0.6 is 0 Å². The van der Waals surface area contributed by atoms with E-state index in [9.17, 15) is 5.26 Å². The maximum atomic E-state index is 10.0. The van der Waals surface area contributed by atoms with Crippen LogP contribution in [0.3, 0.4) is 0 Å². The maximum absolute atomic E-state index is 10.0. The predicted molar refractivity (Wildman–Crippen MR) is 80.3 cm³/mol. The Morgan fingerprint density at radius 3 is 2.70 bits per heavy atom. The highest BCUT2D eigenvalue weighted by Gasteiger charge is 2.42. The molecule has 0 saturated carbocycles. The molecule has 2 heteroatoms. The lowest BCUT2D eigenvalue weighted by Crippen LogP contribution is -2.48. The van der Waals surface area contributed by atoms with Crippen LogP contribution in [0.15, 0.2) is 48.5 Å². The van der Waals surface area contributed by atoms with Crippen LogP contribution in [-0.2, 0) is 12.0 Å². The van der Waals surface area contributed by atoms with Gasteiger partial charge in [0.1, 0.15) is 0 Å². The summed E-state index contributed by atoms with van der Waals surface area (Å²) in [5.74, 6) is 0. The molecule has 0 N–H and O–H groups in total. The van der Waals surface area contributed by atoms with Crippen molar-refractivity contribution in [3.63, 3.8) is 0 Å². The van der Waals surface area contributed by atoms with Crippen LogP contribution in [0.1, 0.15) is 22.3 Å². The third-order valence-corrected chi connectivity index (χ3v) is 4.29. The SMILES string of the molecule is Cc1cccc(C2(C#N)c3ccccc3CCN2C)c1. The molecule has 100 valence electrons. The number of aryl methyl sites for hydroxylation is 1. The minimum atomic E-state index is -0.666. The van der Waals surface area contributed by atoms with E-state index in [1.165, 1.54) is 11.1 Å². The molecule has 0 spiro atoms. The monoisotopic (exact) mass is 262 g/mol. The van der Waals surface area contributed by atoms with E-state index in [-0.39, 0.29) is 0 Å². The van der Waals surface area contributed by atoms with Crippen molar-refractivity contribution >= 4 is 0 Å².